The Labute approximate surface area is 425 Å². The first-order valence-electron chi connectivity index (χ1n) is 22.0. The van der Waals surface area contributed by atoms with Gasteiger partial charge in [-0.15, -0.1) is 11.4 Å². The fourth-order valence-corrected chi connectivity index (χ4v) is 8.69. The minimum absolute atomic E-state index is 0. The van der Waals surface area contributed by atoms with Crippen LogP contribution in [0.2, 0.25) is 0 Å². The van der Waals surface area contributed by atoms with Gasteiger partial charge < -0.3 is 29.9 Å². The van der Waals surface area contributed by atoms with Crippen LogP contribution in [-0.2, 0) is 42.1 Å². The van der Waals surface area contributed by atoms with E-state index in [0.717, 1.165) is 67.3 Å². The Morgan fingerprint density at radius 2 is 0.735 bits per heavy atom. The predicted molar refractivity (Wildman–Crippen MR) is 270 cm³/mol. The third kappa shape index (κ3) is 10.9. The van der Waals surface area contributed by atoms with Gasteiger partial charge in [0.1, 0.15) is 0 Å². The molecule has 0 fully saturated rings. The normalized spacial score (nSPS) is 10.6. The standard InChI is InChI=1S/2C20H17N2.2C9H7N2.2Pt/c2*1-12-10-13(2)19(14(3)11-12)18-9-8-16-15-6-4-5-7-17(15)21-20(16)22-18;2*1-2-6-10-8(4-1)9-5-3-7-11-9;;/h2*4-11H,1-3H3;2*1-7H;;/q4*-1;2*+2. The Bertz CT molecular complexity index is 3260. The van der Waals surface area contributed by atoms with Crippen LogP contribution in [0.3, 0.4) is 0 Å². The molecule has 0 amide bonds. The molecule has 12 aromatic rings. The summed E-state index contributed by atoms with van der Waals surface area (Å²) in [6.07, 6.45) is 7.07. The van der Waals surface area contributed by atoms with E-state index in [-0.39, 0.29) is 42.1 Å². The van der Waals surface area contributed by atoms with Crippen LogP contribution in [0.4, 0.5) is 0 Å². The maximum atomic E-state index is 4.82. The van der Waals surface area contributed by atoms with E-state index < -0.39 is 0 Å². The van der Waals surface area contributed by atoms with E-state index in [2.05, 4.69) is 132 Å². The second-order valence-electron chi connectivity index (χ2n) is 16.4. The van der Waals surface area contributed by atoms with Crippen LogP contribution in [0.1, 0.15) is 33.4 Å². The second kappa shape index (κ2) is 22.2. The van der Waals surface area contributed by atoms with Crippen molar-refractivity contribution >= 4 is 43.9 Å². The van der Waals surface area contributed by atoms with Gasteiger partial charge in [-0.05, 0) is 143 Å². The van der Waals surface area contributed by atoms with Gasteiger partial charge in [0, 0.05) is 23.8 Å². The first kappa shape index (κ1) is 48.9. The topological polar surface area (TPSA) is 108 Å². The van der Waals surface area contributed by atoms with Gasteiger partial charge >= 0.3 is 42.1 Å². The van der Waals surface area contributed by atoms with Crippen molar-refractivity contribution in [3.63, 3.8) is 0 Å². The summed E-state index contributed by atoms with van der Waals surface area (Å²) in [5.74, 6) is 0. The third-order valence-corrected chi connectivity index (χ3v) is 11.4. The summed E-state index contributed by atoms with van der Waals surface area (Å²) in [5.41, 5.74) is 19.5. The summed E-state index contributed by atoms with van der Waals surface area (Å²) < 4.78 is 0. The van der Waals surface area contributed by atoms with Crippen LogP contribution in [0, 0.1) is 41.5 Å². The summed E-state index contributed by atoms with van der Waals surface area (Å²) in [4.78, 5) is 35.5. The first-order chi connectivity index (χ1) is 32.2. The molecule has 0 saturated carbocycles. The number of para-hydroxylation sites is 2. The molecule has 0 saturated heterocycles. The fraction of sp³-hybridized carbons (Fsp3) is 0.103. The smallest absolute Gasteiger partial charge is 0.662 e. The molecule has 8 aromatic heterocycles. The Morgan fingerprint density at radius 1 is 0.353 bits per heavy atom. The molecule has 10 heteroatoms. The minimum atomic E-state index is 0. The molecule has 0 spiro atoms. The van der Waals surface area contributed by atoms with Gasteiger partial charge in [0.2, 0.25) is 0 Å². The molecule has 0 aliphatic heterocycles. The van der Waals surface area contributed by atoms with Crippen molar-refractivity contribution in [1.82, 2.24) is 39.9 Å². The van der Waals surface area contributed by atoms with Gasteiger partial charge in [-0.3, -0.25) is 9.97 Å². The maximum absolute atomic E-state index is 4.82. The quantitative estimate of drug-likeness (QED) is 0.171. The SMILES string of the molecule is Cc1cc(C)c(-c2ccc3c(n2)[n-]c2ccccc23)c(C)c1.Cc1cc(C)c(-c2ccc3c(n2)[n-]c2ccccc23)c(C)c1.[Pt+2].[Pt+2].c1ccc(-c2ccc[n-]2)nc1.c1ccc(-c2ccc[n-]2)nc1. The van der Waals surface area contributed by atoms with E-state index in [4.69, 9.17) is 9.97 Å². The summed E-state index contributed by atoms with van der Waals surface area (Å²) in [6.45, 7) is 12.9. The molecule has 0 radical (unpaired) electrons. The molecule has 12 rings (SSSR count). The Morgan fingerprint density at radius 3 is 1.09 bits per heavy atom. The van der Waals surface area contributed by atoms with Gasteiger partial charge in [0.25, 0.3) is 0 Å². The van der Waals surface area contributed by atoms with Crippen molar-refractivity contribution in [3.8, 4) is 45.3 Å². The van der Waals surface area contributed by atoms with Gasteiger partial charge in [0.15, 0.2) is 0 Å². The molecule has 0 aliphatic rings. The largest absolute Gasteiger partial charge is 2.00 e. The molecule has 0 unspecified atom stereocenters. The number of hydrogen-bond acceptors (Lipinski definition) is 4. The van der Waals surface area contributed by atoms with Crippen molar-refractivity contribution in [1.29, 1.82) is 0 Å². The number of rotatable bonds is 4. The van der Waals surface area contributed by atoms with Gasteiger partial charge in [-0.2, -0.15) is 12.4 Å². The molecule has 8 nitrogen and oxygen atoms in total. The fourth-order valence-electron chi connectivity index (χ4n) is 8.69. The molecule has 4 aromatic carbocycles. The zero-order chi connectivity index (χ0) is 45.6. The molecule has 68 heavy (non-hydrogen) atoms. The van der Waals surface area contributed by atoms with Gasteiger partial charge in [0.05, 0.1) is 0 Å². The predicted octanol–water partition coefficient (Wildman–Crippen LogP) is 13.3. The molecular weight excluding hydrogens is 1200 g/mol. The Hall–Kier alpha value is -6.98. The Kier molecular flexibility index (Phi) is 16.0. The molecule has 8 heterocycles. The van der Waals surface area contributed by atoms with Crippen molar-refractivity contribution in [2.75, 3.05) is 0 Å². The summed E-state index contributed by atoms with van der Waals surface area (Å²) >= 11 is 0. The second-order valence-corrected chi connectivity index (χ2v) is 16.4. The van der Waals surface area contributed by atoms with Crippen LogP contribution in [-0.4, -0.2) is 19.9 Å². The number of aromatic nitrogens is 8. The van der Waals surface area contributed by atoms with E-state index >= 15 is 0 Å². The van der Waals surface area contributed by atoms with E-state index in [1.165, 1.54) is 55.3 Å². The van der Waals surface area contributed by atoms with Crippen LogP contribution in [0.5, 0.6) is 0 Å². The number of pyridine rings is 4. The molecule has 0 aliphatic carbocycles. The molecular formula is C58H48N8Pt2. The Balaban J connectivity index is 0.000000139. The number of aryl methyl sites for hydroxylation is 6. The summed E-state index contributed by atoms with van der Waals surface area (Å²) in [7, 11) is 0. The van der Waals surface area contributed by atoms with Crippen LogP contribution in [0.15, 0.2) is 183 Å². The third-order valence-electron chi connectivity index (χ3n) is 11.4. The van der Waals surface area contributed by atoms with E-state index in [0.29, 0.717) is 0 Å². The van der Waals surface area contributed by atoms with Crippen molar-refractivity contribution < 1.29 is 42.1 Å². The average molecular weight is 1250 g/mol. The number of hydrogen-bond donors (Lipinski definition) is 0. The molecule has 0 bridgehead atoms. The monoisotopic (exact) mass is 1250 g/mol. The van der Waals surface area contributed by atoms with Crippen LogP contribution < -0.4 is 19.9 Å². The van der Waals surface area contributed by atoms with Crippen molar-refractivity contribution in [2.45, 2.75) is 41.5 Å². The van der Waals surface area contributed by atoms with E-state index in [1.54, 1.807) is 24.8 Å². The maximum Gasteiger partial charge on any atom is 2.00 e. The number of fused-ring (bicyclic) bond motifs is 6. The van der Waals surface area contributed by atoms with Gasteiger partial charge in [-0.1, -0.05) is 156 Å². The van der Waals surface area contributed by atoms with Gasteiger partial charge in [-0.25, -0.2) is 0 Å². The molecule has 0 atom stereocenters. The zero-order valence-corrected chi connectivity index (χ0v) is 43.1. The van der Waals surface area contributed by atoms with Crippen LogP contribution in [0.25, 0.3) is 89.2 Å². The van der Waals surface area contributed by atoms with Crippen molar-refractivity contribution in [2.24, 2.45) is 0 Å². The summed E-state index contributed by atoms with van der Waals surface area (Å²) in [6, 6.07) is 53.1. The molecule has 340 valence electrons. The van der Waals surface area contributed by atoms with Crippen molar-refractivity contribution in [3.05, 3.63) is 216 Å². The average Bonchev–Trinajstić information content (AvgIpc) is 4.17. The summed E-state index contributed by atoms with van der Waals surface area (Å²) in [5, 5.41) is 4.60. The van der Waals surface area contributed by atoms with E-state index in [1.807, 2.05) is 97.1 Å². The molecule has 0 N–H and O–H groups in total. The van der Waals surface area contributed by atoms with E-state index in [9.17, 15) is 0 Å². The van der Waals surface area contributed by atoms with Crippen LogP contribution >= 0.6 is 0 Å². The number of nitrogens with zero attached hydrogens (tertiary/aromatic N) is 8. The first-order valence-corrected chi connectivity index (χ1v) is 22.0. The zero-order valence-electron chi connectivity index (χ0n) is 38.5. The number of benzene rings is 4. The minimum Gasteiger partial charge on any atom is -0.662 e.